The Morgan fingerprint density at radius 3 is 2.08 bits per heavy atom. The molecule has 1 N–H and O–H groups in total. The number of carbonyl (C=O) groups is 1. The van der Waals surface area contributed by atoms with Gasteiger partial charge >= 0.3 is 0 Å². The van der Waals surface area contributed by atoms with E-state index in [9.17, 15) is 9.90 Å². The second-order valence-corrected chi connectivity index (χ2v) is 15.6. The molecule has 0 aliphatic carbocycles. The molecule has 0 saturated carbocycles. The molecule has 6 aromatic rings. The van der Waals surface area contributed by atoms with E-state index in [1.165, 1.54) is 48.1 Å². The van der Waals surface area contributed by atoms with Gasteiger partial charge in [0.2, 0.25) is 0 Å². The van der Waals surface area contributed by atoms with E-state index in [1.807, 2.05) is 39.0 Å². The number of thiophene rings is 1. The fourth-order valence-electron chi connectivity index (χ4n) is 6.79. The molecule has 0 aliphatic rings. The van der Waals surface area contributed by atoms with Crippen molar-refractivity contribution in [2.24, 2.45) is 11.8 Å². The van der Waals surface area contributed by atoms with Gasteiger partial charge in [0.25, 0.3) is 0 Å². The zero-order valence-corrected chi connectivity index (χ0v) is 34.3. The minimum absolute atomic E-state index is 0. The predicted molar refractivity (Wildman–Crippen MR) is 213 cm³/mol. The normalized spacial score (nSPS) is 12.3. The monoisotopic (exact) mass is 863 g/mol. The number of fused-ring (bicyclic) bond motifs is 6. The van der Waals surface area contributed by atoms with Crippen LogP contribution in [0.15, 0.2) is 84.6 Å². The maximum Gasteiger partial charge on any atom is 0.162 e. The summed E-state index contributed by atoms with van der Waals surface area (Å²) in [6.07, 6.45) is 4.91. The van der Waals surface area contributed by atoms with Crippen molar-refractivity contribution >= 4 is 59.0 Å². The van der Waals surface area contributed by atoms with Crippen LogP contribution in [0.5, 0.6) is 0 Å². The summed E-state index contributed by atoms with van der Waals surface area (Å²) in [6, 6.07) is 30.2. The molecule has 0 unspecified atom stereocenters. The van der Waals surface area contributed by atoms with Crippen molar-refractivity contribution < 1.29 is 30.0 Å². The Kier molecular flexibility index (Phi) is 13.2. The first-order chi connectivity index (χ1) is 23.4. The minimum Gasteiger partial charge on any atom is -0.512 e. The molecule has 50 heavy (non-hydrogen) atoms. The van der Waals surface area contributed by atoms with E-state index < -0.39 is 0 Å². The van der Waals surface area contributed by atoms with Gasteiger partial charge < -0.3 is 5.11 Å². The average Bonchev–Trinajstić information content (AvgIpc) is 3.48. The van der Waals surface area contributed by atoms with Crippen LogP contribution < -0.4 is 0 Å². The summed E-state index contributed by atoms with van der Waals surface area (Å²) in [5.74, 6) is 1.03. The van der Waals surface area contributed by atoms with Crippen molar-refractivity contribution in [3.8, 4) is 11.3 Å². The number of pyridine rings is 1. The van der Waals surface area contributed by atoms with Crippen molar-refractivity contribution in [3.05, 3.63) is 102 Å². The zero-order valence-electron chi connectivity index (χ0n) is 31.1. The third-order valence-electron chi connectivity index (χ3n) is 9.92. The van der Waals surface area contributed by atoms with Crippen molar-refractivity contribution in [2.75, 3.05) is 0 Å². The van der Waals surface area contributed by atoms with E-state index in [1.54, 1.807) is 0 Å². The first kappa shape index (κ1) is 39.4. The van der Waals surface area contributed by atoms with Crippen LogP contribution in [0.1, 0.15) is 105 Å². The SMILES string of the molecule is CC(C)c1ccc2nc(-c3[c-]c4ccccc4c(C(C)(C)C)c3)c3c4ccccc4sc3c2c1.CCC(CC)C(=O)/C=C(\O)C(CC)CC.[Ir]. The second-order valence-electron chi connectivity index (χ2n) is 14.6. The molecule has 2 heterocycles. The second kappa shape index (κ2) is 16.8. The number of allylic oxidation sites excluding steroid dienone is 2. The Hall–Kier alpha value is -3.37. The smallest absolute Gasteiger partial charge is 0.162 e. The van der Waals surface area contributed by atoms with Crippen molar-refractivity contribution in [2.45, 2.75) is 99.3 Å². The summed E-state index contributed by atoms with van der Waals surface area (Å²) in [6.45, 7) is 19.4. The molecule has 265 valence electrons. The Morgan fingerprint density at radius 2 is 1.46 bits per heavy atom. The minimum atomic E-state index is 0. The quantitative estimate of drug-likeness (QED) is 0.0895. The van der Waals surface area contributed by atoms with Gasteiger partial charge in [0.05, 0.1) is 11.3 Å². The molecule has 1 radical (unpaired) electrons. The number of carbonyl (C=O) groups excluding carboxylic acids is 1. The van der Waals surface area contributed by atoms with Crippen LogP contribution in [-0.2, 0) is 30.3 Å². The van der Waals surface area contributed by atoms with Gasteiger partial charge in [0.1, 0.15) is 0 Å². The van der Waals surface area contributed by atoms with Crippen LogP contribution in [0.3, 0.4) is 0 Å². The molecular weight excluding hydrogens is 811 g/mol. The number of ketones is 1. The van der Waals surface area contributed by atoms with Crippen LogP contribution in [0.25, 0.3) is 53.1 Å². The number of hydrogen-bond donors (Lipinski definition) is 1. The molecular formula is C45H52IrNO2S-. The fraction of sp³-hybridized carbons (Fsp3) is 0.378. The van der Waals surface area contributed by atoms with E-state index >= 15 is 0 Å². The Morgan fingerprint density at radius 1 is 0.840 bits per heavy atom. The van der Waals surface area contributed by atoms with E-state index in [2.05, 4.69) is 113 Å². The van der Waals surface area contributed by atoms with E-state index in [0.717, 1.165) is 47.8 Å². The molecule has 6 rings (SSSR count). The van der Waals surface area contributed by atoms with Gasteiger partial charge in [-0.3, -0.25) is 9.78 Å². The number of benzene rings is 4. The molecule has 0 spiro atoms. The van der Waals surface area contributed by atoms with E-state index in [4.69, 9.17) is 4.98 Å². The Bertz CT molecular complexity index is 2130. The maximum absolute atomic E-state index is 11.7. The predicted octanol–water partition coefficient (Wildman–Crippen LogP) is 13.5. The summed E-state index contributed by atoms with van der Waals surface area (Å²) in [4.78, 5) is 17.0. The molecule has 4 aromatic carbocycles. The molecule has 0 bridgehead atoms. The van der Waals surface area contributed by atoms with Crippen LogP contribution in [-0.4, -0.2) is 15.9 Å². The summed E-state index contributed by atoms with van der Waals surface area (Å²) >= 11 is 1.88. The van der Waals surface area contributed by atoms with Crippen LogP contribution in [0, 0.1) is 17.9 Å². The van der Waals surface area contributed by atoms with Crippen LogP contribution >= 0.6 is 11.3 Å². The van der Waals surface area contributed by atoms with Crippen molar-refractivity contribution in [1.29, 1.82) is 0 Å². The number of aliphatic hydroxyl groups excluding tert-OH is 1. The van der Waals surface area contributed by atoms with Gasteiger partial charge in [-0.1, -0.05) is 116 Å². The van der Waals surface area contributed by atoms with Gasteiger partial charge in [-0.2, -0.15) is 0 Å². The molecule has 5 heteroatoms. The topological polar surface area (TPSA) is 50.2 Å². The van der Waals surface area contributed by atoms with Crippen LogP contribution in [0.2, 0.25) is 0 Å². The first-order valence-corrected chi connectivity index (χ1v) is 18.9. The molecule has 2 aromatic heterocycles. The van der Waals surface area contributed by atoms with E-state index in [-0.39, 0.29) is 48.9 Å². The van der Waals surface area contributed by atoms with Crippen molar-refractivity contribution in [3.63, 3.8) is 0 Å². The summed E-state index contributed by atoms with van der Waals surface area (Å²) in [5.41, 5.74) is 5.87. The molecule has 0 atom stereocenters. The Labute approximate surface area is 316 Å². The number of rotatable bonds is 9. The maximum atomic E-state index is 11.7. The molecule has 0 saturated heterocycles. The van der Waals surface area contributed by atoms with Crippen LogP contribution in [0.4, 0.5) is 0 Å². The molecule has 0 fully saturated rings. The van der Waals surface area contributed by atoms with Gasteiger partial charge in [-0.05, 0) is 71.6 Å². The molecule has 0 amide bonds. The van der Waals surface area contributed by atoms with Gasteiger partial charge in [0, 0.05) is 58.5 Å². The summed E-state index contributed by atoms with van der Waals surface area (Å²) < 4.78 is 2.63. The third-order valence-corrected chi connectivity index (χ3v) is 11.1. The Balaban J connectivity index is 0.000000301. The van der Waals surface area contributed by atoms with Gasteiger partial charge in [-0.25, -0.2) is 0 Å². The van der Waals surface area contributed by atoms with Crippen molar-refractivity contribution in [1.82, 2.24) is 4.98 Å². The number of nitrogens with zero attached hydrogens (tertiary/aromatic N) is 1. The average molecular weight is 863 g/mol. The van der Waals surface area contributed by atoms with Gasteiger partial charge in [-0.15, -0.1) is 40.5 Å². The third kappa shape index (κ3) is 8.23. The van der Waals surface area contributed by atoms with Gasteiger partial charge in [0.15, 0.2) is 5.78 Å². The number of aliphatic hydroxyl groups is 1. The number of hydrogen-bond acceptors (Lipinski definition) is 4. The molecule has 0 aliphatic heterocycles. The standard InChI is InChI=1S/C32H28NS.C13H24O2.Ir/c1-19(2)20-14-15-27-25(17-20)31-29(24-12-8-9-13-28(24)34-31)30(33-27)22-16-21-10-6-7-11-23(21)26(18-22)32(3,4)5;1-5-10(6-2)12(14)9-13(15)11(7-3)8-4;/h6-15,17-19H,1-5H3;9-11,14H,5-8H2,1-4H3;/q-1;;/b;12-9-;. The van der Waals surface area contributed by atoms with E-state index in [0.29, 0.717) is 5.92 Å². The zero-order chi connectivity index (χ0) is 35.5. The fourth-order valence-corrected chi connectivity index (χ4v) is 8.02. The number of aromatic nitrogens is 1. The summed E-state index contributed by atoms with van der Waals surface area (Å²) in [5, 5.41) is 16.0. The largest absolute Gasteiger partial charge is 0.512 e. The summed E-state index contributed by atoms with van der Waals surface area (Å²) in [7, 11) is 0. The first-order valence-electron chi connectivity index (χ1n) is 18.1. The molecule has 3 nitrogen and oxygen atoms in total.